The van der Waals surface area contributed by atoms with Crippen LogP contribution in [-0.4, -0.2) is 37.5 Å². The lowest BCUT2D eigenvalue weighted by atomic mass is 9.98. The minimum Gasteiger partial charge on any atom is -0.325 e. The van der Waals surface area contributed by atoms with Gasteiger partial charge < -0.3 is 5.32 Å². The van der Waals surface area contributed by atoms with Gasteiger partial charge in [-0.15, -0.1) is 0 Å². The number of hydrogen-bond donors (Lipinski definition) is 1. The van der Waals surface area contributed by atoms with Crippen LogP contribution in [-0.2, 0) is 14.8 Å². The molecule has 0 radical (unpaired) electrons. The minimum atomic E-state index is -3.30. The van der Waals surface area contributed by atoms with Crippen molar-refractivity contribution in [3.63, 3.8) is 0 Å². The molecule has 7 heteroatoms. The largest absolute Gasteiger partial charge is 0.325 e. The number of nitrogens with zero attached hydrogens (tertiary/aromatic N) is 2. The first-order valence-corrected chi connectivity index (χ1v) is 9.86. The molecule has 1 fully saturated rings. The zero-order chi connectivity index (χ0) is 17.6. The average molecular weight is 349 g/mol. The van der Waals surface area contributed by atoms with E-state index in [1.807, 2.05) is 13.0 Å². The maximum Gasteiger partial charge on any atom is 0.228 e. The second kappa shape index (κ2) is 8.27. The lowest BCUT2D eigenvalue weighted by Gasteiger charge is -2.31. The Balaban J connectivity index is 2.04. The second-order valence-corrected chi connectivity index (χ2v) is 8.10. The summed E-state index contributed by atoms with van der Waals surface area (Å²) >= 11 is 0. The Hall–Kier alpha value is -1.91. The van der Waals surface area contributed by atoms with Crippen molar-refractivity contribution in [2.75, 3.05) is 24.2 Å². The van der Waals surface area contributed by atoms with E-state index in [2.05, 4.69) is 5.32 Å². The highest BCUT2D eigenvalue weighted by molar-refractivity contribution is 7.89. The van der Waals surface area contributed by atoms with Crippen LogP contribution in [0.1, 0.15) is 38.2 Å². The first-order chi connectivity index (χ1) is 11.5. The van der Waals surface area contributed by atoms with Crippen LogP contribution in [0.3, 0.4) is 0 Å². The molecule has 130 valence electrons. The fraction of sp³-hybridized carbons (Fsp3) is 0.529. The molecule has 0 aliphatic carbocycles. The van der Waals surface area contributed by atoms with E-state index in [-0.39, 0.29) is 24.1 Å². The van der Waals surface area contributed by atoms with Crippen molar-refractivity contribution in [2.45, 2.75) is 32.6 Å². The highest BCUT2D eigenvalue weighted by atomic mass is 32.2. The number of amides is 1. The van der Waals surface area contributed by atoms with Crippen molar-refractivity contribution >= 4 is 21.6 Å². The van der Waals surface area contributed by atoms with E-state index >= 15 is 0 Å². The summed E-state index contributed by atoms with van der Waals surface area (Å²) in [5.74, 6) is -0.482. The molecule has 1 aliphatic rings. The van der Waals surface area contributed by atoms with Crippen LogP contribution in [0.15, 0.2) is 24.3 Å². The lowest BCUT2D eigenvalue weighted by molar-refractivity contribution is -0.120. The monoisotopic (exact) mass is 349 g/mol. The fourth-order valence-corrected chi connectivity index (χ4v) is 4.52. The molecule has 1 N–H and O–H groups in total. The van der Waals surface area contributed by atoms with Crippen LogP contribution in [0.25, 0.3) is 0 Å². The smallest absolute Gasteiger partial charge is 0.228 e. The molecular weight excluding hydrogens is 326 g/mol. The van der Waals surface area contributed by atoms with Crippen LogP contribution in [0.4, 0.5) is 5.69 Å². The maximum atomic E-state index is 12.5. The summed E-state index contributed by atoms with van der Waals surface area (Å²) in [5, 5.41) is 11.8. The number of hydrogen-bond acceptors (Lipinski definition) is 4. The normalized spacial score (nSPS) is 18.8. The van der Waals surface area contributed by atoms with E-state index in [1.165, 1.54) is 4.31 Å². The topological polar surface area (TPSA) is 90.3 Å². The molecule has 1 heterocycles. The number of nitrogens with one attached hydrogen (secondary N) is 1. The lowest BCUT2D eigenvalue weighted by Crippen LogP contribution is -2.44. The van der Waals surface area contributed by atoms with E-state index in [0.717, 1.165) is 6.42 Å². The number of carbonyl (C=O) groups is 1. The Labute approximate surface area is 143 Å². The van der Waals surface area contributed by atoms with Crippen LogP contribution in [0.2, 0.25) is 0 Å². The quantitative estimate of drug-likeness (QED) is 0.853. The van der Waals surface area contributed by atoms with Crippen LogP contribution >= 0.6 is 0 Å². The maximum absolute atomic E-state index is 12.5. The molecular formula is C17H23N3O3S. The predicted molar refractivity (Wildman–Crippen MR) is 92.8 cm³/mol. The third kappa shape index (κ3) is 4.56. The minimum absolute atomic E-state index is 0.134. The molecule has 1 aromatic rings. The molecule has 0 aromatic heterocycles. The van der Waals surface area contributed by atoms with Gasteiger partial charge in [0, 0.05) is 13.1 Å². The van der Waals surface area contributed by atoms with Crippen LogP contribution < -0.4 is 5.32 Å². The van der Waals surface area contributed by atoms with Crippen LogP contribution in [0.5, 0.6) is 0 Å². The highest BCUT2D eigenvalue weighted by Gasteiger charge is 2.32. The third-order valence-electron chi connectivity index (χ3n) is 4.21. The van der Waals surface area contributed by atoms with E-state index in [9.17, 15) is 13.2 Å². The number of piperidine rings is 1. The molecule has 2 rings (SSSR count). The number of carbonyl (C=O) groups excluding carboxylic acids is 1. The molecule has 0 bridgehead atoms. The summed E-state index contributed by atoms with van der Waals surface area (Å²) in [4.78, 5) is 12.5. The van der Waals surface area contributed by atoms with Crippen molar-refractivity contribution in [1.29, 1.82) is 5.26 Å². The van der Waals surface area contributed by atoms with Gasteiger partial charge in [0.15, 0.2) is 0 Å². The Morgan fingerprint density at radius 3 is 2.88 bits per heavy atom. The van der Waals surface area contributed by atoms with Gasteiger partial charge in [0.05, 0.1) is 22.9 Å². The molecule has 6 nitrogen and oxygen atoms in total. The van der Waals surface area contributed by atoms with Crippen molar-refractivity contribution in [3.8, 4) is 6.07 Å². The fourth-order valence-electron chi connectivity index (χ4n) is 2.79. The van der Waals surface area contributed by atoms with Crippen molar-refractivity contribution < 1.29 is 13.2 Å². The molecule has 1 amide bonds. The Morgan fingerprint density at radius 1 is 1.42 bits per heavy atom. The Morgan fingerprint density at radius 2 is 2.17 bits per heavy atom. The SMILES string of the molecule is CCCCS(=O)(=O)N1CCC[C@H](C(=O)Nc2ccccc2C#N)C1. The summed E-state index contributed by atoms with van der Waals surface area (Å²) in [5.41, 5.74) is 0.866. The van der Waals surface area contributed by atoms with Gasteiger partial charge in [0.25, 0.3) is 0 Å². The third-order valence-corrected chi connectivity index (χ3v) is 6.13. The molecule has 0 unspecified atom stereocenters. The average Bonchev–Trinajstić information content (AvgIpc) is 2.60. The van der Waals surface area contributed by atoms with E-state index in [0.29, 0.717) is 37.1 Å². The molecule has 1 saturated heterocycles. The van der Waals surface area contributed by atoms with Gasteiger partial charge >= 0.3 is 0 Å². The number of unbranched alkanes of at least 4 members (excludes halogenated alkanes) is 1. The summed E-state index contributed by atoms with van der Waals surface area (Å²) in [7, 11) is -3.30. The van der Waals surface area contributed by atoms with E-state index in [4.69, 9.17) is 5.26 Å². The predicted octanol–water partition coefficient (Wildman–Crippen LogP) is 2.34. The van der Waals surface area contributed by atoms with Crippen LogP contribution in [0, 0.1) is 17.2 Å². The molecule has 0 spiro atoms. The molecule has 24 heavy (non-hydrogen) atoms. The summed E-state index contributed by atoms with van der Waals surface area (Å²) in [6, 6.07) is 8.83. The van der Waals surface area contributed by atoms with Gasteiger partial charge in [-0.05, 0) is 31.4 Å². The van der Waals surface area contributed by atoms with E-state index in [1.54, 1.807) is 24.3 Å². The van der Waals surface area contributed by atoms with Gasteiger partial charge in [-0.3, -0.25) is 4.79 Å². The second-order valence-electron chi connectivity index (χ2n) is 6.01. The highest BCUT2D eigenvalue weighted by Crippen LogP contribution is 2.22. The zero-order valence-corrected chi connectivity index (χ0v) is 14.7. The number of rotatable bonds is 6. The summed E-state index contributed by atoms with van der Waals surface area (Å²) in [6.45, 7) is 2.64. The molecule has 0 saturated carbocycles. The van der Waals surface area contributed by atoms with Crippen molar-refractivity contribution in [1.82, 2.24) is 4.31 Å². The Kier molecular flexibility index (Phi) is 6.35. The first kappa shape index (κ1) is 18.4. The van der Waals surface area contributed by atoms with E-state index < -0.39 is 10.0 Å². The summed E-state index contributed by atoms with van der Waals surface area (Å²) < 4.78 is 26.1. The zero-order valence-electron chi connectivity index (χ0n) is 13.9. The summed E-state index contributed by atoms with van der Waals surface area (Å²) in [6.07, 6.45) is 2.77. The van der Waals surface area contributed by atoms with Gasteiger partial charge in [-0.25, -0.2) is 12.7 Å². The molecule has 1 atom stereocenters. The Bertz CT molecular complexity index is 725. The first-order valence-electron chi connectivity index (χ1n) is 8.25. The standard InChI is InChI=1S/C17H23N3O3S/c1-2-3-11-24(22,23)20-10-6-8-15(13-20)17(21)19-16-9-5-4-7-14(16)12-18/h4-5,7,9,15H,2-3,6,8,10-11,13H2,1H3,(H,19,21)/t15-/m0/s1. The van der Waals surface area contributed by atoms with Crippen molar-refractivity contribution in [2.24, 2.45) is 5.92 Å². The number of sulfonamides is 1. The number of para-hydroxylation sites is 1. The van der Waals surface area contributed by atoms with Gasteiger partial charge in [-0.1, -0.05) is 25.5 Å². The molecule has 1 aromatic carbocycles. The van der Waals surface area contributed by atoms with Gasteiger partial charge in [0.2, 0.25) is 15.9 Å². The van der Waals surface area contributed by atoms with Crippen molar-refractivity contribution in [3.05, 3.63) is 29.8 Å². The number of anilines is 1. The van der Waals surface area contributed by atoms with Gasteiger partial charge in [0.1, 0.15) is 6.07 Å². The van der Waals surface area contributed by atoms with Gasteiger partial charge in [-0.2, -0.15) is 5.26 Å². The number of nitriles is 1. The number of benzene rings is 1. The molecule has 1 aliphatic heterocycles.